The van der Waals surface area contributed by atoms with Crippen LogP contribution in [0.2, 0.25) is 18.6 Å². The number of carbonyl (C=O) groups excluding carboxylic acids is 3. The third kappa shape index (κ3) is 6.56. The maximum absolute atomic E-state index is 16.3. The standard InChI is InChI=1S/C37H45FN4O5Si/c1-25-34(48(2,3)38)32(22-33(44)41(19-20-43)23-26-11-5-4-6-12-26)47-37(25)29-15-7-8-17-31(29)42(36(37)46)24-27-13-9-14-28(21-27)40-35(45)30-16-10-18-39-30/h4-9,11-15,17,21,25,30,32,34,39,43H,10,16,18-20,22-24H2,1-3H3,(H,40,45)/t25-,30-,32+,34-,37+/m1/s1. The SMILES string of the molecule is C[C@@H]1[C@@H]([Si](C)(C)F)[C@H](CC(=O)N(CCO)Cc2ccccc2)O[C@@]12C(=O)N(Cc1cccc(NC(=O)[C@H]3CCCN3)c1)c1ccccc12. The summed E-state index contributed by atoms with van der Waals surface area (Å²) in [5.41, 5.74) is 1.67. The smallest absolute Gasteiger partial charge is 0.264 e. The van der Waals surface area contributed by atoms with E-state index in [9.17, 15) is 19.5 Å². The Bertz CT molecular complexity index is 1650. The number of carbonyl (C=O) groups is 3. The lowest BCUT2D eigenvalue weighted by Crippen LogP contribution is -2.45. The lowest BCUT2D eigenvalue weighted by molar-refractivity contribution is -0.150. The minimum absolute atomic E-state index is 0.0784. The van der Waals surface area contributed by atoms with E-state index in [0.29, 0.717) is 23.5 Å². The first-order valence-corrected chi connectivity index (χ1v) is 19.8. The van der Waals surface area contributed by atoms with Crippen molar-refractivity contribution in [2.75, 3.05) is 29.9 Å². The highest BCUT2D eigenvalue weighted by Crippen LogP contribution is 2.60. The van der Waals surface area contributed by atoms with Crippen LogP contribution in [-0.4, -0.2) is 68.0 Å². The molecule has 2 saturated heterocycles. The molecule has 3 aromatic rings. The predicted octanol–water partition coefficient (Wildman–Crippen LogP) is 5.11. The van der Waals surface area contributed by atoms with E-state index in [-0.39, 0.29) is 49.9 Å². The molecular formula is C37H45FN4O5Si. The van der Waals surface area contributed by atoms with Gasteiger partial charge in [0.05, 0.1) is 37.4 Å². The lowest BCUT2D eigenvalue weighted by atomic mass is 9.82. The minimum atomic E-state index is -3.48. The largest absolute Gasteiger partial charge is 0.395 e. The molecule has 9 nitrogen and oxygen atoms in total. The van der Waals surface area contributed by atoms with Gasteiger partial charge in [0.25, 0.3) is 5.91 Å². The zero-order valence-electron chi connectivity index (χ0n) is 27.8. The summed E-state index contributed by atoms with van der Waals surface area (Å²) in [5.74, 6) is -1.15. The average Bonchev–Trinajstić information content (AvgIpc) is 3.76. The number of anilines is 2. The van der Waals surface area contributed by atoms with Crippen molar-refractivity contribution in [2.45, 2.75) is 75.7 Å². The van der Waals surface area contributed by atoms with E-state index in [0.717, 1.165) is 30.5 Å². The lowest BCUT2D eigenvalue weighted by Gasteiger charge is -2.31. The van der Waals surface area contributed by atoms with Gasteiger partial charge in [0.2, 0.25) is 20.2 Å². The van der Waals surface area contributed by atoms with E-state index in [1.54, 1.807) is 22.9 Å². The third-order valence-corrected chi connectivity index (χ3v) is 12.6. The first kappa shape index (κ1) is 34.0. The number of benzene rings is 3. The molecule has 1 spiro atoms. The summed E-state index contributed by atoms with van der Waals surface area (Å²) in [7, 11) is -3.48. The first-order valence-electron chi connectivity index (χ1n) is 16.9. The van der Waals surface area contributed by atoms with Crippen LogP contribution in [-0.2, 0) is 37.8 Å². The van der Waals surface area contributed by atoms with E-state index in [2.05, 4.69) is 10.6 Å². The molecule has 6 rings (SSSR count). The second-order valence-electron chi connectivity index (χ2n) is 13.7. The Morgan fingerprint density at radius 3 is 2.52 bits per heavy atom. The second-order valence-corrected chi connectivity index (χ2v) is 17.5. The van der Waals surface area contributed by atoms with Gasteiger partial charge in [0, 0.05) is 35.8 Å². The molecule has 0 unspecified atom stereocenters. The highest BCUT2D eigenvalue weighted by molar-refractivity contribution is 6.72. The van der Waals surface area contributed by atoms with Crippen LogP contribution in [0.25, 0.3) is 0 Å². The number of aliphatic hydroxyl groups excluding tert-OH is 1. The van der Waals surface area contributed by atoms with Gasteiger partial charge in [0.15, 0.2) is 5.60 Å². The third-order valence-electron chi connectivity index (χ3n) is 10.1. The molecule has 3 amide bonds. The number of fused-ring (bicyclic) bond motifs is 2. The molecule has 2 fully saturated rings. The van der Waals surface area contributed by atoms with Crippen molar-refractivity contribution in [2.24, 2.45) is 5.92 Å². The Hall–Kier alpha value is -3.90. The molecule has 3 aromatic carbocycles. The van der Waals surface area contributed by atoms with Crippen molar-refractivity contribution >= 4 is 37.5 Å². The molecule has 0 saturated carbocycles. The number of ether oxygens (including phenoxy) is 1. The Labute approximate surface area is 282 Å². The van der Waals surface area contributed by atoms with Crippen molar-refractivity contribution in [1.82, 2.24) is 10.2 Å². The zero-order valence-corrected chi connectivity index (χ0v) is 28.8. The molecule has 3 aliphatic rings. The fraction of sp³-hybridized carbons (Fsp3) is 0.432. The normalized spacial score (nSPS) is 25.0. The topological polar surface area (TPSA) is 111 Å². The van der Waals surface area contributed by atoms with Crippen LogP contribution in [0, 0.1) is 5.92 Å². The molecule has 0 aliphatic carbocycles. The number of rotatable bonds is 11. The summed E-state index contributed by atoms with van der Waals surface area (Å²) in [5, 5.41) is 16.0. The number of amides is 3. The number of hydrogen-bond acceptors (Lipinski definition) is 6. The van der Waals surface area contributed by atoms with Gasteiger partial charge in [-0.1, -0.05) is 67.6 Å². The van der Waals surface area contributed by atoms with Gasteiger partial charge in [-0.3, -0.25) is 14.4 Å². The van der Waals surface area contributed by atoms with Crippen molar-refractivity contribution < 1.29 is 28.3 Å². The van der Waals surface area contributed by atoms with Gasteiger partial charge in [-0.15, -0.1) is 0 Å². The van der Waals surface area contributed by atoms with Crippen LogP contribution in [0.5, 0.6) is 0 Å². The van der Waals surface area contributed by atoms with Crippen molar-refractivity contribution in [3.8, 4) is 0 Å². The number of hydrogen-bond donors (Lipinski definition) is 3. The number of para-hydroxylation sites is 1. The van der Waals surface area contributed by atoms with Crippen LogP contribution < -0.4 is 15.5 Å². The molecule has 0 aromatic heterocycles. The molecule has 48 heavy (non-hydrogen) atoms. The van der Waals surface area contributed by atoms with Crippen molar-refractivity contribution in [3.63, 3.8) is 0 Å². The molecule has 0 bridgehead atoms. The summed E-state index contributed by atoms with van der Waals surface area (Å²) in [6.45, 7) is 6.40. The van der Waals surface area contributed by atoms with Crippen LogP contribution >= 0.6 is 0 Å². The first-order chi connectivity index (χ1) is 23.0. The van der Waals surface area contributed by atoms with E-state index >= 15 is 4.11 Å². The van der Waals surface area contributed by atoms with Crippen molar-refractivity contribution in [3.05, 3.63) is 95.6 Å². The fourth-order valence-corrected chi connectivity index (χ4v) is 10.4. The van der Waals surface area contributed by atoms with Gasteiger partial charge in [-0.05, 0) is 61.8 Å². The highest BCUT2D eigenvalue weighted by Gasteiger charge is 2.67. The molecule has 3 heterocycles. The average molecular weight is 673 g/mol. The van der Waals surface area contributed by atoms with Gasteiger partial charge >= 0.3 is 0 Å². The molecule has 11 heteroatoms. The monoisotopic (exact) mass is 672 g/mol. The maximum atomic E-state index is 16.3. The molecule has 254 valence electrons. The zero-order chi connectivity index (χ0) is 34.1. The molecule has 3 aliphatic heterocycles. The number of nitrogens with zero attached hydrogens (tertiary/aromatic N) is 2. The Balaban J connectivity index is 1.27. The summed E-state index contributed by atoms with van der Waals surface area (Å²) < 4.78 is 23.1. The number of aliphatic hydroxyl groups is 1. The number of nitrogens with one attached hydrogen (secondary N) is 2. The molecule has 3 N–H and O–H groups in total. The van der Waals surface area contributed by atoms with E-state index in [1.807, 2.05) is 85.8 Å². The summed E-state index contributed by atoms with van der Waals surface area (Å²) in [6.07, 6.45) is 0.833. The summed E-state index contributed by atoms with van der Waals surface area (Å²) in [6, 6.07) is 24.2. The van der Waals surface area contributed by atoms with Gasteiger partial charge < -0.3 is 34.4 Å². The Morgan fingerprint density at radius 1 is 1.08 bits per heavy atom. The van der Waals surface area contributed by atoms with Gasteiger partial charge in [0.1, 0.15) is 0 Å². The predicted molar refractivity (Wildman–Crippen MR) is 185 cm³/mol. The molecule has 5 atom stereocenters. The van der Waals surface area contributed by atoms with Crippen LogP contribution in [0.1, 0.15) is 42.9 Å². The Morgan fingerprint density at radius 2 is 1.81 bits per heavy atom. The highest BCUT2D eigenvalue weighted by atomic mass is 28.4. The van der Waals surface area contributed by atoms with Crippen LogP contribution in [0.3, 0.4) is 0 Å². The van der Waals surface area contributed by atoms with Crippen LogP contribution in [0.4, 0.5) is 15.5 Å². The maximum Gasteiger partial charge on any atom is 0.264 e. The fourth-order valence-electron chi connectivity index (χ4n) is 7.94. The second kappa shape index (κ2) is 13.9. The summed E-state index contributed by atoms with van der Waals surface area (Å²) >= 11 is 0. The van der Waals surface area contributed by atoms with Gasteiger partial charge in [-0.2, -0.15) is 0 Å². The van der Waals surface area contributed by atoms with E-state index < -0.39 is 31.6 Å². The van der Waals surface area contributed by atoms with E-state index in [1.165, 1.54) is 0 Å². The van der Waals surface area contributed by atoms with E-state index in [4.69, 9.17) is 4.74 Å². The summed E-state index contributed by atoms with van der Waals surface area (Å²) in [4.78, 5) is 44.5. The van der Waals surface area contributed by atoms with Crippen molar-refractivity contribution in [1.29, 1.82) is 0 Å². The molecule has 0 radical (unpaired) electrons. The molecular weight excluding hydrogens is 628 g/mol. The quantitative estimate of drug-likeness (QED) is 0.193. The van der Waals surface area contributed by atoms with Gasteiger partial charge in [-0.25, -0.2) is 0 Å². The Kier molecular flexibility index (Phi) is 9.85. The number of halogens is 1. The van der Waals surface area contributed by atoms with Crippen LogP contribution in [0.15, 0.2) is 78.9 Å². The minimum Gasteiger partial charge on any atom is -0.395 e.